The molecule has 0 spiro atoms. The van der Waals surface area contributed by atoms with Gasteiger partial charge in [0.2, 0.25) is 0 Å². The van der Waals surface area contributed by atoms with Crippen LogP contribution in [0.3, 0.4) is 0 Å². The van der Waals surface area contributed by atoms with Gasteiger partial charge in [-0.3, -0.25) is 10.1 Å². The van der Waals surface area contributed by atoms with Crippen molar-refractivity contribution >= 4 is 11.4 Å². The summed E-state index contributed by atoms with van der Waals surface area (Å²) in [6.45, 7) is 3.53. The number of benzene rings is 2. The first-order chi connectivity index (χ1) is 9.97. The Kier molecular flexibility index (Phi) is 4.52. The Hall–Kier alpha value is -2.43. The Morgan fingerprint density at radius 2 is 1.95 bits per heavy atom. The molecule has 0 heterocycles. The van der Waals surface area contributed by atoms with Gasteiger partial charge in [-0.2, -0.15) is 0 Å². The molecular formula is C16H17FN2O2. The van der Waals surface area contributed by atoms with E-state index in [1.165, 1.54) is 6.07 Å². The monoisotopic (exact) mass is 288 g/mol. The molecule has 2 aromatic rings. The number of nitro benzene ring substituents is 1. The van der Waals surface area contributed by atoms with Crippen LogP contribution in [-0.2, 0) is 6.42 Å². The summed E-state index contributed by atoms with van der Waals surface area (Å²) < 4.78 is 13.5. The van der Waals surface area contributed by atoms with E-state index in [0.29, 0.717) is 11.3 Å². The maximum Gasteiger partial charge on any atom is 0.295 e. The molecule has 0 saturated heterocycles. The average Bonchev–Trinajstić information content (AvgIpc) is 2.43. The molecule has 0 aliphatic heterocycles. The number of nitro groups is 1. The van der Waals surface area contributed by atoms with Crippen molar-refractivity contribution in [3.63, 3.8) is 0 Å². The molecular weight excluding hydrogens is 271 g/mol. The molecule has 0 amide bonds. The molecule has 4 nitrogen and oxygen atoms in total. The van der Waals surface area contributed by atoms with Gasteiger partial charge in [0, 0.05) is 6.04 Å². The third-order valence-corrected chi connectivity index (χ3v) is 3.26. The Balaban J connectivity index is 2.18. The van der Waals surface area contributed by atoms with Crippen molar-refractivity contribution in [1.82, 2.24) is 0 Å². The number of anilines is 1. The van der Waals surface area contributed by atoms with E-state index >= 15 is 0 Å². The lowest BCUT2D eigenvalue weighted by Crippen LogP contribution is -2.19. The van der Waals surface area contributed by atoms with Crippen LogP contribution >= 0.6 is 0 Å². The molecule has 2 rings (SSSR count). The lowest BCUT2D eigenvalue weighted by atomic mass is 10.1. The van der Waals surface area contributed by atoms with Crippen molar-refractivity contribution in [2.75, 3.05) is 5.32 Å². The normalized spacial score (nSPS) is 12.0. The van der Waals surface area contributed by atoms with Gasteiger partial charge in [0.15, 0.2) is 0 Å². The molecule has 1 unspecified atom stereocenters. The van der Waals surface area contributed by atoms with Crippen molar-refractivity contribution in [2.45, 2.75) is 26.3 Å². The van der Waals surface area contributed by atoms with Gasteiger partial charge < -0.3 is 5.32 Å². The third kappa shape index (κ3) is 3.78. The lowest BCUT2D eigenvalue weighted by Gasteiger charge is -2.16. The van der Waals surface area contributed by atoms with Gasteiger partial charge in [-0.05, 0) is 37.5 Å². The van der Waals surface area contributed by atoms with E-state index < -0.39 is 10.7 Å². The van der Waals surface area contributed by atoms with Gasteiger partial charge in [0.05, 0.1) is 11.0 Å². The standard InChI is InChI=1S/C16H17FN2O2/c1-11-8-15(16(19(20)21)10-14(11)17)18-12(2)9-13-6-4-3-5-7-13/h3-8,10,12,18H,9H2,1-2H3. The highest BCUT2D eigenvalue weighted by atomic mass is 19.1. The molecule has 0 aliphatic rings. The minimum atomic E-state index is -0.569. The fourth-order valence-corrected chi connectivity index (χ4v) is 2.22. The molecule has 0 fully saturated rings. The Morgan fingerprint density at radius 1 is 1.29 bits per heavy atom. The highest BCUT2D eigenvalue weighted by molar-refractivity contribution is 5.63. The van der Waals surface area contributed by atoms with Crippen molar-refractivity contribution in [2.24, 2.45) is 0 Å². The Bertz CT molecular complexity index is 644. The minimum absolute atomic E-state index is 0.00374. The fraction of sp³-hybridized carbons (Fsp3) is 0.250. The van der Waals surface area contributed by atoms with Gasteiger partial charge in [-0.1, -0.05) is 30.3 Å². The topological polar surface area (TPSA) is 55.2 Å². The molecule has 0 bridgehead atoms. The molecule has 1 atom stereocenters. The molecule has 2 aromatic carbocycles. The van der Waals surface area contributed by atoms with E-state index in [1.54, 1.807) is 6.92 Å². The molecule has 0 saturated carbocycles. The molecule has 0 aliphatic carbocycles. The summed E-state index contributed by atoms with van der Waals surface area (Å²) in [5.74, 6) is -0.567. The molecule has 1 N–H and O–H groups in total. The average molecular weight is 288 g/mol. The number of nitrogens with one attached hydrogen (secondary N) is 1. The zero-order valence-corrected chi connectivity index (χ0v) is 12.0. The van der Waals surface area contributed by atoms with E-state index in [0.717, 1.165) is 18.1 Å². The van der Waals surface area contributed by atoms with Crippen LogP contribution in [0.4, 0.5) is 15.8 Å². The summed E-state index contributed by atoms with van der Waals surface area (Å²) in [6, 6.07) is 12.3. The summed E-state index contributed by atoms with van der Waals surface area (Å²) in [5.41, 5.74) is 1.63. The van der Waals surface area contributed by atoms with E-state index in [4.69, 9.17) is 0 Å². The predicted octanol–water partition coefficient (Wildman–Crippen LogP) is 4.09. The van der Waals surface area contributed by atoms with Gasteiger partial charge in [-0.25, -0.2) is 4.39 Å². The van der Waals surface area contributed by atoms with Gasteiger partial charge in [0.1, 0.15) is 11.5 Å². The first-order valence-electron chi connectivity index (χ1n) is 6.72. The van der Waals surface area contributed by atoms with Gasteiger partial charge in [0.25, 0.3) is 5.69 Å². The second-order valence-electron chi connectivity index (χ2n) is 5.11. The van der Waals surface area contributed by atoms with Crippen molar-refractivity contribution in [3.8, 4) is 0 Å². The second kappa shape index (κ2) is 6.35. The Morgan fingerprint density at radius 3 is 2.57 bits per heavy atom. The zero-order chi connectivity index (χ0) is 15.4. The van der Waals surface area contributed by atoms with Gasteiger partial charge in [-0.15, -0.1) is 0 Å². The molecule has 0 aromatic heterocycles. The van der Waals surface area contributed by atoms with Crippen molar-refractivity contribution < 1.29 is 9.31 Å². The van der Waals surface area contributed by atoms with Crippen LogP contribution in [-0.4, -0.2) is 11.0 Å². The maximum atomic E-state index is 13.5. The van der Waals surface area contributed by atoms with Gasteiger partial charge >= 0.3 is 0 Å². The largest absolute Gasteiger partial charge is 0.377 e. The van der Waals surface area contributed by atoms with Crippen LogP contribution in [0.1, 0.15) is 18.1 Å². The summed E-state index contributed by atoms with van der Waals surface area (Å²) in [6.07, 6.45) is 0.731. The quantitative estimate of drug-likeness (QED) is 0.666. The summed E-state index contributed by atoms with van der Waals surface area (Å²) in [4.78, 5) is 10.5. The van der Waals surface area contributed by atoms with Crippen LogP contribution in [0, 0.1) is 22.9 Å². The van der Waals surface area contributed by atoms with Crippen molar-refractivity contribution in [1.29, 1.82) is 0 Å². The first-order valence-corrected chi connectivity index (χ1v) is 6.72. The maximum absolute atomic E-state index is 13.5. The number of rotatable bonds is 5. The number of halogens is 1. The molecule has 5 heteroatoms. The second-order valence-corrected chi connectivity index (χ2v) is 5.11. The van der Waals surface area contributed by atoms with E-state index in [2.05, 4.69) is 5.32 Å². The fourth-order valence-electron chi connectivity index (χ4n) is 2.22. The number of hydrogen-bond acceptors (Lipinski definition) is 3. The van der Waals surface area contributed by atoms with Crippen LogP contribution < -0.4 is 5.32 Å². The zero-order valence-electron chi connectivity index (χ0n) is 12.0. The molecule has 110 valence electrons. The number of nitrogens with zero attached hydrogens (tertiary/aromatic N) is 1. The number of aryl methyl sites for hydroxylation is 1. The molecule has 0 radical (unpaired) electrons. The lowest BCUT2D eigenvalue weighted by molar-refractivity contribution is -0.384. The smallest absolute Gasteiger partial charge is 0.295 e. The molecule has 21 heavy (non-hydrogen) atoms. The number of hydrogen-bond donors (Lipinski definition) is 1. The third-order valence-electron chi connectivity index (χ3n) is 3.26. The minimum Gasteiger partial charge on any atom is -0.377 e. The van der Waals surface area contributed by atoms with E-state index in [-0.39, 0.29) is 11.7 Å². The Labute approximate surface area is 122 Å². The first kappa shape index (κ1) is 15.0. The van der Waals surface area contributed by atoms with E-state index in [1.807, 2.05) is 37.3 Å². The predicted molar refractivity (Wildman–Crippen MR) is 81.0 cm³/mol. The summed E-state index contributed by atoms with van der Waals surface area (Å²) in [5, 5.41) is 14.1. The highest BCUT2D eigenvalue weighted by Crippen LogP contribution is 2.28. The summed E-state index contributed by atoms with van der Waals surface area (Å²) in [7, 11) is 0. The van der Waals surface area contributed by atoms with E-state index in [9.17, 15) is 14.5 Å². The van der Waals surface area contributed by atoms with Crippen LogP contribution in [0.15, 0.2) is 42.5 Å². The SMILES string of the molecule is Cc1cc(NC(C)Cc2ccccc2)c([N+](=O)[O-])cc1F. The highest BCUT2D eigenvalue weighted by Gasteiger charge is 2.18. The summed E-state index contributed by atoms with van der Waals surface area (Å²) >= 11 is 0. The van der Waals surface area contributed by atoms with Crippen LogP contribution in [0.5, 0.6) is 0 Å². The van der Waals surface area contributed by atoms with Crippen LogP contribution in [0.25, 0.3) is 0 Å². The van der Waals surface area contributed by atoms with Crippen LogP contribution in [0.2, 0.25) is 0 Å². The van der Waals surface area contributed by atoms with Crippen molar-refractivity contribution in [3.05, 3.63) is 69.5 Å².